The van der Waals surface area contributed by atoms with Crippen molar-refractivity contribution < 1.29 is 4.79 Å². The average Bonchev–Trinajstić information content (AvgIpc) is 3.28. The third kappa shape index (κ3) is 4.58. The minimum atomic E-state index is 0.0438. The monoisotopic (exact) mass is 343 g/mol. The molecule has 1 N–H and O–H groups in total. The van der Waals surface area contributed by atoms with Crippen molar-refractivity contribution >= 4 is 28.6 Å². The molecule has 1 aromatic heterocycles. The minimum absolute atomic E-state index is 0.0438. The van der Waals surface area contributed by atoms with Crippen LogP contribution in [-0.4, -0.2) is 37.0 Å². The Balaban J connectivity index is 1.51. The largest absolute Gasteiger partial charge is 0.372 e. The van der Waals surface area contributed by atoms with Crippen LogP contribution in [0.5, 0.6) is 0 Å². The van der Waals surface area contributed by atoms with E-state index in [0.717, 1.165) is 31.9 Å². The fourth-order valence-corrected chi connectivity index (χ4v) is 3.78. The SMILES string of the molecule is CCN(CC(=O)Nc1ccc(N2CCCC2)cc1)Cc1cccs1. The van der Waals surface area contributed by atoms with E-state index in [2.05, 4.69) is 51.7 Å². The summed E-state index contributed by atoms with van der Waals surface area (Å²) in [4.78, 5) is 18.1. The van der Waals surface area contributed by atoms with Gasteiger partial charge in [0.1, 0.15) is 0 Å². The lowest BCUT2D eigenvalue weighted by Crippen LogP contribution is -2.32. The second-order valence-corrected chi connectivity index (χ2v) is 7.20. The Hall–Kier alpha value is -1.85. The molecule has 1 aliphatic rings. The highest BCUT2D eigenvalue weighted by Gasteiger charge is 2.13. The zero-order chi connectivity index (χ0) is 16.8. The van der Waals surface area contributed by atoms with Gasteiger partial charge in [-0.2, -0.15) is 0 Å². The molecular formula is C19H25N3OS. The van der Waals surface area contributed by atoms with Gasteiger partial charge in [0.05, 0.1) is 6.54 Å². The molecule has 0 atom stereocenters. The first-order valence-electron chi connectivity index (χ1n) is 8.64. The van der Waals surface area contributed by atoms with Crippen LogP contribution in [0.4, 0.5) is 11.4 Å². The van der Waals surface area contributed by atoms with Crippen LogP contribution in [0.2, 0.25) is 0 Å². The summed E-state index contributed by atoms with van der Waals surface area (Å²) in [7, 11) is 0. The molecule has 1 aromatic carbocycles. The van der Waals surface area contributed by atoms with E-state index in [1.807, 2.05) is 12.1 Å². The molecule has 1 amide bonds. The summed E-state index contributed by atoms with van der Waals surface area (Å²) in [5.41, 5.74) is 2.12. The van der Waals surface area contributed by atoms with Gasteiger partial charge in [-0.3, -0.25) is 9.69 Å². The molecule has 24 heavy (non-hydrogen) atoms. The third-order valence-electron chi connectivity index (χ3n) is 4.40. The highest BCUT2D eigenvalue weighted by atomic mass is 32.1. The molecule has 0 aliphatic carbocycles. The van der Waals surface area contributed by atoms with Gasteiger partial charge >= 0.3 is 0 Å². The van der Waals surface area contributed by atoms with Crippen molar-refractivity contribution in [1.82, 2.24) is 4.90 Å². The van der Waals surface area contributed by atoms with Crippen LogP contribution in [0.25, 0.3) is 0 Å². The summed E-state index contributed by atoms with van der Waals surface area (Å²) in [6.07, 6.45) is 2.55. The summed E-state index contributed by atoms with van der Waals surface area (Å²) < 4.78 is 0. The predicted molar refractivity (Wildman–Crippen MR) is 102 cm³/mol. The van der Waals surface area contributed by atoms with Gasteiger partial charge in [-0.05, 0) is 55.1 Å². The van der Waals surface area contributed by atoms with Crippen molar-refractivity contribution in [1.29, 1.82) is 0 Å². The number of carbonyl (C=O) groups excluding carboxylic acids is 1. The Morgan fingerprint density at radius 1 is 1.21 bits per heavy atom. The standard InChI is InChI=1S/C19H25N3OS/c1-2-21(14-18-6-5-13-24-18)15-19(23)20-16-7-9-17(10-8-16)22-11-3-4-12-22/h5-10,13H,2-4,11-12,14-15H2,1H3,(H,20,23). The number of likely N-dealkylation sites (N-methyl/N-ethyl adjacent to an activating group) is 1. The van der Waals surface area contributed by atoms with Gasteiger partial charge in [-0.1, -0.05) is 13.0 Å². The highest BCUT2D eigenvalue weighted by Crippen LogP contribution is 2.22. The van der Waals surface area contributed by atoms with E-state index in [1.165, 1.54) is 23.4 Å². The number of amides is 1. The Labute approximate surface area is 148 Å². The van der Waals surface area contributed by atoms with Gasteiger partial charge < -0.3 is 10.2 Å². The molecular weight excluding hydrogens is 318 g/mol. The number of benzene rings is 1. The van der Waals surface area contributed by atoms with E-state index < -0.39 is 0 Å². The van der Waals surface area contributed by atoms with Crippen LogP contribution in [0.3, 0.4) is 0 Å². The molecule has 5 heteroatoms. The molecule has 128 valence electrons. The molecule has 1 saturated heterocycles. The first kappa shape index (κ1) is 17.0. The second-order valence-electron chi connectivity index (χ2n) is 6.17. The first-order chi connectivity index (χ1) is 11.7. The number of rotatable bonds is 7. The first-order valence-corrected chi connectivity index (χ1v) is 9.52. The summed E-state index contributed by atoms with van der Waals surface area (Å²) >= 11 is 1.73. The van der Waals surface area contributed by atoms with Crippen molar-refractivity contribution in [2.75, 3.05) is 36.4 Å². The van der Waals surface area contributed by atoms with Crippen LogP contribution in [-0.2, 0) is 11.3 Å². The van der Waals surface area contributed by atoms with E-state index in [-0.39, 0.29) is 5.91 Å². The van der Waals surface area contributed by atoms with Gasteiger partial charge in [0, 0.05) is 35.9 Å². The molecule has 0 saturated carbocycles. The van der Waals surface area contributed by atoms with Crippen LogP contribution in [0.15, 0.2) is 41.8 Å². The van der Waals surface area contributed by atoms with E-state index in [9.17, 15) is 4.79 Å². The smallest absolute Gasteiger partial charge is 0.238 e. The van der Waals surface area contributed by atoms with Gasteiger partial charge in [0.2, 0.25) is 5.91 Å². The van der Waals surface area contributed by atoms with Gasteiger partial charge in [-0.15, -0.1) is 11.3 Å². The lowest BCUT2D eigenvalue weighted by atomic mass is 10.2. The van der Waals surface area contributed by atoms with Crippen LogP contribution >= 0.6 is 11.3 Å². The molecule has 0 radical (unpaired) electrons. The van der Waals surface area contributed by atoms with Crippen molar-refractivity contribution in [3.05, 3.63) is 46.7 Å². The Morgan fingerprint density at radius 2 is 1.96 bits per heavy atom. The maximum atomic E-state index is 12.3. The van der Waals surface area contributed by atoms with Gasteiger partial charge in [-0.25, -0.2) is 0 Å². The summed E-state index contributed by atoms with van der Waals surface area (Å²) in [6, 6.07) is 12.4. The molecule has 0 spiro atoms. The minimum Gasteiger partial charge on any atom is -0.372 e. The fraction of sp³-hybridized carbons (Fsp3) is 0.421. The molecule has 0 unspecified atom stereocenters. The Bertz CT molecular complexity index is 633. The summed E-state index contributed by atoms with van der Waals surface area (Å²) in [5.74, 6) is 0.0438. The Morgan fingerprint density at radius 3 is 2.58 bits per heavy atom. The zero-order valence-corrected chi connectivity index (χ0v) is 15.0. The van der Waals surface area contributed by atoms with Gasteiger partial charge in [0.15, 0.2) is 0 Å². The number of anilines is 2. The molecule has 1 fully saturated rings. The number of hydrogen-bond donors (Lipinski definition) is 1. The number of carbonyl (C=O) groups is 1. The lowest BCUT2D eigenvalue weighted by molar-refractivity contribution is -0.117. The van der Waals surface area contributed by atoms with Crippen molar-refractivity contribution in [2.45, 2.75) is 26.3 Å². The van der Waals surface area contributed by atoms with E-state index in [1.54, 1.807) is 11.3 Å². The molecule has 0 bridgehead atoms. The van der Waals surface area contributed by atoms with Crippen LogP contribution in [0.1, 0.15) is 24.6 Å². The highest BCUT2D eigenvalue weighted by molar-refractivity contribution is 7.09. The number of nitrogens with one attached hydrogen (secondary N) is 1. The van der Waals surface area contributed by atoms with Crippen LogP contribution in [0, 0.1) is 0 Å². The average molecular weight is 343 g/mol. The predicted octanol–water partition coefficient (Wildman–Crippen LogP) is 3.81. The third-order valence-corrected chi connectivity index (χ3v) is 5.26. The van der Waals surface area contributed by atoms with Crippen molar-refractivity contribution in [3.63, 3.8) is 0 Å². The summed E-state index contributed by atoms with van der Waals surface area (Å²) in [5, 5.41) is 5.08. The van der Waals surface area contributed by atoms with E-state index in [4.69, 9.17) is 0 Å². The molecule has 2 heterocycles. The molecule has 1 aliphatic heterocycles. The molecule has 2 aromatic rings. The number of hydrogen-bond acceptors (Lipinski definition) is 4. The van der Waals surface area contributed by atoms with Crippen molar-refractivity contribution in [2.24, 2.45) is 0 Å². The second kappa shape index (κ2) is 8.31. The van der Waals surface area contributed by atoms with Crippen LogP contribution < -0.4 is 10.2 Å². The fourth-order valence-electron chi connectivity index (χ4n) is 3.04. The molecule has 3 rings (SSSR count). The number of nitrogens with zero attached hydrogens (tertiary/aromatic N) is 2. The number of thiophene rings is 1. The molecule has 4 nitrogen and oxygen atoms in total. The topological polar surface area (TPSA) is 35.6 Å². The van der Waals surface area contributed by atoms with Crippen molar-refractivity contribution in [3.8, 4) is 0 Å². The summed E-state index contributed by atoms with van der Waals surface area (Å²) in [6.45, 7) is 6.47. The van der Waals surface area contributed by atoms with E-state index in [0.29, 0.717) is 6.54 Å². The quantitative estimate of drug-likeness (QED) is 0.830. The zero-order valence-electron chi connectivity index (χ0n) is 14.2. The maximum Gasteiger partial charge on any atom is 0.238 e. The lowest BCUT2D eigenvalue weighted by Gasteiger charge is -2.20. The Kier molecular flexibility index (Phi) is 5.88. The van der Waals surface area contributed by atoms with E-state index >= 15 is 0 Å². The van der Waals surface area contributed by atoms with Gasteiger partial charge in [0.25, 0.3) is 0 Å². The normalized spacial score (nSPS) is 14.3. The maximum absolute atomic E-state index is 12.3.